The highest BCUT2D eigenvalue weighted by atomic mass is 16.6. The number of rotatable bonds is 22. The molecule has 8 rings (SSSR count). The van der Waals surface area contributed by atoms with Crippen LogP contribution < -0.4 is 0 Å². The van der Waals surface area contributed by atoms with E-state index in [2.05, 4.69) is 78.9 Å². The SMILES string of the molecule is C1=C[C@H](C[C@H]2O[C@H](COCc3ccccc3)[C@@H](OCc3ccccc3)[C@H](OCc3ccccc3)[C@@H]2OCc2ccccc2)[C@@H](OCc2ccccc2)[C@H](COCc2ccccc2)O1. The summed E-state index contributed by atoms with van der Waals surface area (Å²) in [5.74, 6) is -0.122. The van der Waals surface area contributed by atoms with Gasteiger partial charge in [-0.2, -0.15) is 0 Å². The molecule has 8 atom stereocenters. The van der Waals surface area contributed by atoms with Crippen molar-refractivity contribution in [2.24, 2.45) is 5.92 Å². The molecule has 8 nitrogen and oxygen atoms in total. The molecule has 0 bridgehead atoms. The highest BCUT2D eigenvalue weighted by Gasteiger charge is 2.50. The molecule has 63 heavy (non-hydrogen) atoms. The molecule has 0 aromatic heterocycles. The zero-order valence-electron chi connectivity index (χ0n) is 35.7. The van der Waals surface area contributed by atoms with Crippen LogP contribution in [0.15, 0.2) is 194 Å². The fraction of sp³-hybridized carbons (Fsp3) is 0.309. The number of hydrogen-bond donors (Lipinski definition) is 0. The molecular formula is C55H58O8. The monoisotopic (exact) mass is 846 g/mol. The van der Waals surface area contributed by atoms with E-state index in [1.807, 2.05) is 109 Å². The summed E-state index contributed by atoms with van der Waals surface area (Å²) in [5.41, 5.74) is 6.43. The number of hydrogen-bond acceptors (Lipinski definition) is 8. The lowest BCUT2D eigenvalue weighted by Crippen LogP contribution is -2.61. The topological polar surface area (TPSA) is 73.8 Å². The van der Waals surface area contributed by atoms with E-state index in [0.717, 1.165) is 33.4 Å². The molecule has 6 aromatic carbocycles. The molecule has 0 unspecified atom stereocenters. The molecule has 326 valence electrons. The van der Waals surface area contributed by atoms with Crippen molar-refractivity contribution < 1.29 is 37.9 Å². The first-order valence-electron chi connectivity index (χ1n) is 22.1. The van der Waals surface area contributed by atoms with Crippen molar-refractivity contribution in [1.82, 2.24) is 0 Å². The van der Waals surface area contributed by atoms with Crippen molar-refractivity contribution in [1.29, 1.82) is 0 Å². The summed E-state index contributed by atoms with van der Waals surface area (Å²) < 4.78 is 54.3. The predicted octanol–water partition coefficient (Wildman–Crippen LogP) is 10.4. The summed E-state index contributed by atoms with van der Waals surface area (Å²) in [6.07, 6.45) is 1.20. The zero-order valence-corrected chi connectivity index (χ0v) is 35.7. The Kier molecular flexibility index (Phi) is 16.7. The first-order valence-corrected chi connectivity index (χ1v) is 22.1. The van der Waals surface area contributed by atoms with E-state index >= 15 is 0 Å². The van der Waals surface area contributed by atoms with Gasteiger partial charge in [0.2, 0.25) is 0 Å². The Hall–Kier alpha value is -5.42. The van der Waals surface area contributed by atoms with Gasteiger partial charge in [-0.3, -0.25) is 0 Å². The molecular weight excluding hydrogens is 789 g/mol. The van der Waals surface area contributed by atoms with Gasteiger partial charge in [-0.25, -0.2) is 0 Å². The highest BCUT2D eigenvalue weighted by molar-refractivity contribution is 5.18. The van der Waals surface area contributed by atoms with Crippen molar-refractivity contribution in [2.75, 3.05) is 13.2 Å². The van der Waals surface area contributed by atoms with Crippen LogP contribution in [-0.4, -0.2) is 55.9 Å². The summed E-state index contributed by atoms with van der Waals surface area (Å²) in [7, 11) is 0. The van der Waals surface area contributed by atoms with Crippen molar-refractivity contribution in [3.05, 3.63) is 228 Å². The van der Waals surface area contributed by atoms with Gasteiger partial charge in [0.15, 0.2) is 0 Å². The lowest BCUT2D eigenvalue weighted by atomic mass is 9.84. The highest BCUT2D eigenvalue weighted by Crippen LogP contribution is 2.37. The molecule has 0 amide bonds. The first-order chi connectivity index (χ1) is 31.2. The van der Waals surface area contributed by atoms with Gasteiger partial charge in [0, 0.05) is 5.92 Å². The second kappa shape index (κ2) is 23.9. The van der Waals surface area contributed by atoms with Gasteiger partial charge >= 0.3 is 0 Å². The van der Waals surface area contributed by atoms with Crippen LogP contribution >= 0.6 is 0 Å². The second-order valence-corrected chi connectivity index (χ2v) is 16.2. The third-order valence-corrected chi connectivity index (χ3v) is 11.5. The minimum absolute atomic E-state index is 0.122. The fourth-order valence-electron chi connectivity index (χ4n) is 8.26. The van der Waals surface area contributed by atoms with Crippen LogP contribution in [0, 0.1) is 5.92 Å². The van der Waals surface area contributed by atoms with Gasteiger partial charge in [-0.1, -0.05) is 182 Å². The average Bonchev–Trinajstić information content (AvgIpc) is 3.34. The Morgan fingerprint density at radius 2 is 0.667 bits per heavy atom. The number of ether oxygens (including phenoxy) is 8. The quantitative estimate of drug-likeness (QED) is 0.0669. The van der Waals surface area contributed by atoms with E-state index in [4.69, 9.17) is 37.9 Å². The van der Waals surface area contributed by atoms with E-state index in [1.165, 1.54) is 0 Å². The van der Waals surface area contributed by atoms with Gasteiger partial charge < -0.3 is 37.9 Å². The lowest BCUT2D eigenvalue weighted by molar-refractivity contribution is -0.276. The molecule has 2 aliphatic rings. The normalized spacial score (nSPS) is 23.2. The van der Waals surface area contributed by atoms with E-state index < -0.39 is 30.5 Å². The summed E-state index contributed by atoms with van der Waals surface area (Å²) >= 11 is 0. The van der Waals surface area contributed by atoms with Crippen molar-refractivity contribution in [3.8, 4) is 0 Å². The largest absolute Gasteiger partial charge is 0.493 e. The summed E-state index contributed by atoms with van der Waals surface area (Å²) in [4.78, 5) is 0. The van der Waals surface area contributed by atoms with Gasteiger partial charge in [-0.05, 0) is 45.9 Å². The van der Waals surface area contributed by atoms with Gasteiger partial charge in [0.25, 0.3) is 0 Å². The molecule has 1 fully saturated rings. The molecule has 6 aromatic rings. The molecule has 1 saturated heterocycles. The molecule has 8 heteroatoms. The van der Waals surface area contributed by atoms with E-state index in [0.29, 0.717) is 52.7 Å². The Morgan fingerprint density at radius 1 is 0.333 bits per heavy atom. The minimum atomic E-state index is -0.531. The molecule has 0 spiro atoms. The van der Waals surface area contributed by atoms with Crippen LogP contribution in [0.25, 0.3) is 0 Å². The molecule has 0 radical (unpaired) electrons. The number of benzene rings is 6. The van der Waals surface area contributed by atoms with Gasteiger partial charge in [0.05, 0.1) is 65.2 Å². The third kappa shape index (κ3) is 13.3. The van der Waals surface area contributed by atoms with Crippen LogP contribution in [0.4, 0.5) is 0 Å². The van der Waals surface area contributed by atoms with E-state index in [9.17, 15) is 0 Å². The van der Waals surface area contributed by atoms with Crippen LogP contribution in [-0.2, 0) is 77.5 Å². The fourth-order valence-corrected chi connectivity index (χ4v) is 8.26. The van der Waals surface area contributed by atoms with Gasteiger partial charge in [0.1, 0.15) is 36.6 Å². The third-order valence-electron chi connectivity index (χ3n) is 11.5. The Labute approximate surface area is 372 Å². The smallest absolute Gasteiger partial charge is 0.148 e. The van der Waals surface area contributed by atoms with Crippen LogP contribution in [0.5, 0.6) is 0 Å². The standard InChI is InChI=1S/C55H58O8/c1-7-19-42(20-8-1)34-56-40-50-52(59-36-44-23-11-3-12-24-44)48(31-32-58-50)33-49-53(60-37-45-25-13-4-14-26-45)55(62-39-47-29-17-6-18-30-47)54(61-38-46-27-15-5-16-28-46)51(63-49)41-57-35-43-21-9-2-10-22-43/h1-32,48-55H,33-41H2/t48-,49-,50+,51-,52-,53-,54-,55-/m1/s1. The van der Waals surface area contributed by atoms with Crippen LogP contribution in [0.2, 0.25) is 0 Å². The zero-order chi connectivity index (χ0) is 42.7. The van der Waals surface area contributed by atoms with E-state index in [1.54, 1.807) is 6.26 Å². The maximum Gasteiger partial charge on any atom is 0.148 e. The molecule has 2 heterocycles. The summed E-state index contributed by atoms with van der Waals surface area (Å²) in [6, 6.07) is 61.3. The first kappa shape index (κ1) is 44.2. The molecule has 0 N–H and O–H groups in total. The van der Waals surface area contributed by atoms with E-state index in [-0.39, 0.29) is 24.7 Å². The lowest BCUT2D eigenvalue weighted by Gasteiger charge is -2.47. The van der Waals surface area contributed by atoms with Crippen molar-refractivity contribution in [3.63, 3.8) is 0 Å². The second-order valence-electron chi connectivity index (χ2n) is 16.2. The molecule has 2 aliphatic heterocycles. The maximum absolute atomic E-state index is 7.28. The Balaban J connectivity index is 1.11. The van der Waals surface area contributed by atoms with Crippen LogP contribution in [0.1, 0.15) is 39.8 Å². The summed E-state index contributed by atoms with van der Waals surface area (Å²) in [6.45, 7) is 3.06. The predicted molar refractivity (Wildman–Crippen MR) is 243 cm³/mol. The maximum atomic E-state index is 7.28. The minimum Gasteiger partial charge on any atom is -0.493 e. The van der Waals surface area contributed by atoms with Crippen molar-refractivity contribution in [2.45, 2.75) is 88.8 Å². The van der Waals surface area contributed by atoms with Crippen molar-refractivity contribution >= 4 is 0 Å². The van der Waals surface area contributed by atoms with Gasteiger partial charge in [-0.15, -0.1) is 0 Å². The Bertz CT molecular complexity index is 2180. The Morgan fingerprint density at radius 3 is 1.08 bits per heavy atom. The molecule has 0 saturated carbocycles. The summed E-state index contributed by atoms with van der Waals surface area (Å²) in [5, 5.41) is 0. The van der Waals surface area contributed by atoms with Crippen LogP contribution in [0.3, 0.4) is 0 Å². The average molecular weight is 847 g/mol. The molecule has 0 aliphatic carbocycles.